The van der Waals surface area contributed by atoms with Crippen LogP contribution >= 0.6 is 0 Å². The molecule has 3 amide bonds. The predicted octanol–water partition coefficient (Wildman–Crippen LogP) is 2.79. The van der Waals surface area contributed by atoms with Gasteiger partial charge in [-0.2, -0.15) is 0 Å². The van der Waals surface area contributed by atoms with E-state index in [9.17, 15) is 9.59 Å². The van der Waals surface area contributed by atoms with Crippen molar-refractivity contribution in [1.82, 2.24) is 14.8 Å². The summed E-state index contributed by atoms with van der Waals surface area (Å²) in [6, 6.07) is 8.71. The van der Waals surface area contributed by atoms with E-state index in [1.165, 1.54) is 4.90 Å². The van der Waals surface area contributed by atoms with Crippen molar-refractivity contribution < 1.29 is 19.1 Å². The van der Waals surface area contributed by atoms with Crippen LogP contribution in [0.2, 0.25) is 0 Å². The molecule has 2 aromatic rings. The number of aryl methyl sites for hydroxylation is 1. The van der Waals surface area contributed by atoms with Gasteiger partial charge in [0.15, 0.2) is 0 Å². The SMILES string of the molecule is COc1ccc(NC(=O)N2CCC(Oc3ncccc3C(=O)N(C)C)C2)c(C)c1. The molecule has 154 valence electrons. The van der Waals surface area contributed by atoms with Crippen molar-refractivity contribution in [3.8, 4) is 11.6 Å². The van der Waals surface area contributed by atoms with Crippen LogP contribution in [0.15, 0.2) is 36.5 Å². The van der Waals surface area contributed by atoms with Gasteiger partial charge in [0.1, 0.15) is 17.4 Å². The second-order valence-electron chi connectivity index (χ2n) is 7.14. The van der Waals surface area contributed by atoms with E-state index in [1.807, 2.05) is 25.1 Å². The standard InChI is InChI=1S/C21H26N4O4/c1-14-12-15(28-4)7-8-18(14)23-21(27)25-11-9-16(13-25)29-19-17(6-5-10-22-19)20(26)24(2)3/h5-8,10,12,16H,9,11,13H2,1-4H3,(H,23,27). The van der Waals surface area contributed by atoms with Crippen LogP contribution < -0.4 is 14.8 Å². The average Bonchev–Trinajstić information content (AvgIpc) is 3.18. The number of nitrogens with zero attached hydrogens (tertiary/aromatic N) is 3. The molecular weight excluding hydrogens is 372 g/mol. The van der Waals surface area contributed by atoms with E-state index in [1.54, 1.807) is 44.4 Å². The molecule has 8 heteroatoms. The molecule has 0 saturated carbocycles. The highest BCUT2D eigenvalue weighted by atomic mass is 16.5. The van der Waals surface area contributed by atoms with Crippen molar-refractivity contribution in [1.29, 1.82) is 0 Å². The Hall–Kier alpha value is -3.29. The number of benzene rings is 1. The Morgan fingerprint density at radius 3 is 2.76 bits per heavy atom. The number of aromatic nitrogens is 1. The van der Waals surface area contributed by atoms with Crippen LogP contribution in [0.3, 0.4) is 0 Å². The van der Waals surface area contributed by atoms with Gasteiger partial charge in [-0.25, -0.2) is 9.78 Å². The van der Waals surface area contributed by atoms with E-state index in [2.05, 4.69) is 10.3 Å². The Morgan fingerprint density at radius 2 is 2.07 bits per heavy atom. The van der Waals surface area contributed by atoms with Gasteiger partial charge in [0.2, 0.25) is 5.88 Å². The van der Waals surface area contributed by atoms with Gasteiger partial charge in [0, 0.05) is 38.9 Å². The lowest BCUT2D eigenvalue weighted by molar-refractivity contribution is 0.0818. The molecule has 1 atom stereocenters. The largest absolute Gasteiger partial charge is 0.497 e. The third kappa shape index (κ3) is 4.77. The molecule has 1 N–H and O–H groups in total. The second-order valence-corrected chi connectivity index (χ2v) is 7.14. The molecule has 1 unspecified atom stereocenters. The summed E-state index contributed by atoms with van der Waals surface area (Å²) in [5.74, 6) is 0.869. The highest BCUT2D eigenvalue weighted by Gasteiger charge is 2.29. The number of likely N-dealkylation sites (tertiary alicyclic amines) is 1. The molecule has 3 rings (SSSR count). The molecule has 1 aromatic carbocycles. The topological polar surface area (TPSA) is 84.0 Å². The first-order valence-corrected chi connectivity index (χ1v) is 9.43. The average molecular weight is 398 g/mol. The number of ether oxygens (including phenoxy) is 2. The third-order valence-electron chi connectivity index (χ3n) is 4.79. The van der Waals surface area contributed by atoms with Crippen molar-refractivity contribution in [3.63, 3.8) is 0 Å². The molecular formula is C21H26N4O4. The fraction of sp³-hybridized carbons (Fsp3) is 0.381. The van der Waals surface area contributed by atoms with Crippen LogP contribution in [0.5, 0.6) is 11.6 Å². The minimum atomic E-state index is -0.221. The summed E-state index contributed by atoms with van der Waals surface area (Å²) in [5.41, 5.74) is 2.07. The van der Waals surface area contributed by atoms with Gasteiger partial charge in [-0.05, 0) is 42.8 Å². The first-order valence-electron chi connectivity index (χ1n) is 9.43. The summed E-state index contributed by atoms with van der Waals surface area (Å²) >= 11 is 0. The third-order valence-corrected chi connectivity index (χ3v) is 4.79. The number of hydrogen-bond donors (Lipinski definition) is 1. The highest BCUT2D eigenvalue weighted by Crippen LogP contribution is 2.24. The number of urea groups is 1. The summed E-state index contributed by atoms with van der Waals surface area (Å²) < 4.78 is 11.2. The zero-order valence-corrected chi connectivity index (χ0v) is 17.1. The van der Waals surface area contributed by atoms with Gasteiger partial charge in [-0.15, -0.1) is 0 Å². The van der Waals surface area contributed by atoms with E-state index in [0.717, 1.165) is 17.0 Å². The second kappa shape index (κ2) is 8.81. The van der Waals surface area contributed by atoms with Gasteiger partial charge in [-0.1, -0.05) is 0 Å². The first-order chi connectivity index (χ1) is 13.9. The first kappa shape index (κ1) is 20.4. The van der Waals surface area contributed by atoms with Crippen molar-refractivity contribution in [2.75, 3.05) is 39.6 Å². The van der Waals surface area contributed by atoms with Crippen LogP contribution in [-0.2, 0) is 0 Å². The summed E-state index contributed by atoms with van der Waals surface area (Å²) in [7, 11) is 4.97. The molecule has 2 heterocycles. The normalized spacial score (nSPS) is 15.7. The summed E-state index contributed by atoms with van der Waals surface area (Å²) in [6.07, 6.45) is 2.04. The molecule has 1 aliphatic rings. The summed E-state index contributed by atoms with van der Waals surface area (Å²) in [5, 5.41) is 2.93. The maximum atomic E-state index is 12.6. The zero-order valence-electron chi connectivity index (χ0n) is 17.1. The number of methoxy groups -OCH3 is 1. The number of amides is 3. The smallest absolute Gasteiger partial charge is 0.321 e. The predicted molar refractivity (Wildman–Crippen MR) is 110 cm³/mol. The fourth-order valence-electron chi connectivity index (χ4n) is 3.15. The van der Waals surface area contributed by atoms with E-state index in [4.69, 9.17) is 9.47 Å². The molecule has 1 saturated heterocycles. The number of pyridine rings is 1. The summed E-state index contributed by atoms with van der Waals surface area (Å²) in [6.45, 7) is 2.90. The van der Waals surface area contributed by atoms with Crippen LogP contribution in [0.1, 0.15) is 22.3 Å². The van der Waals surface area contributed by atoms with Crippen molar-refractivity contribution >= 4 is 17.6 Å². The van der Waals surface area contributed by atoms with Crippen molar-refractivity contribution in [2.24, 2.45) is 0 Å². The Kier molecular flexibility index (Phi) is 6.21. The Bertz CT molecular complexity index is 900. The number of anilines is 1. The molecule has 0 radical (unpaired) electrons. The Labute approximate surface area is 170 Å². The van der Waals surface area contributed by atoms with Gasteiger partial charge in [-0.3, -0.25) is 4.79 Å². The number of carbonyl (C=O) groups excluding carboxylic acids is 2. The van der Waals surface area contributed by atoms with Crippen molar-refractivity contribution in [2.45, 2.75) is 19.4 Å². The minimum absolute atomic E-state index is 0.171. The van der Waals surface area contributed by atoms with Crippen LogP contribution in [0.25, 0.3) is 0 Å². The van der Waals surface area contributed by atoms with E-state index < -0.39 is 0 Å². The van der Waals surface area contributed by atoms with E-state index in [0.29, 0.717) is 31.0 Å². The van der Waals surface area contributed by atoms with Crippen LogP contribution in [-0.4, -0.2) is 67.1 Å². The molecule has 29 heavy (non-hydrogen) atoms. The monoisotopic (exact) mass is 398 g/mol. The summed E-state index contributed by atoms with van der Waals surface area (Å²) in [4.78, 5) is 32.3. The molecule has 0 spiro atoms. The Balaban J connectivity index is 1.62. The number of nitrogens with one attached hydrogen (secondary N) is 1. The van der Waals surface area contributed by atoms with Crippen molar-refractivity contribution in [3.05, 3.63) is 47.7 Å². The van der Waals surface area contributed by atoms with E-state index >= 15 is 0 Å². The lowest BCUT2D eigenvalue weighted by Gasteiger charge is -2.19. The molecule has 0 bridgehead atoms. The molecule has 0 aliphatic carbocycles. The number of rotatable bonds is 5. The minimum Gasteiger partial charge on any atom is -0.497 e. The molecule has 1 fully saturated rings. The van der Waals surface area contributed by atoms with Gasteiger partial charge in [0.25, 0.3) is 5.91 Å². The molecule has 1 aliphatic heterocycles. The van der Waals surface area contributed by atoms with Crippen LogP contribution in [0, 0.1) is 6.92 Å². The van der Waals surface area contributed by atoms with Gasteiger partial charge < -0.3 is 24.6 Å². The lowest BCUT2D eigenvalue weighted by atomic mass is 10.2. The molecule has 8 nitrogen and oxygen atoms in total. The number of hydrogen-bond acceptors (Lipinski definition) is 5. The number of carbonyl (C=O) groups is 2. The Morgan fingerprint density at radius 1 is 1.28 bits per heavy atom. The van der Waals surface area contributed by atoms with Gasteiger partial charge >= 0.3 is 6.03 Å². The maximum absolute atomic E-state index is 12.6. The van der Waals surface area contributed by atoms with Gasteiger partial charge in [0.05, 0.1) is 13.7 Å². The fourth-order valence-corrected chi connectivity index (χ4v) is 3.15. The highest BCUT2D eigenvalue weighted by molar-refractivity contribution is 5.96. The maximum Gasteiger partial charge on any atom is 0.321 e. The van der Waals surface area contributed by atoms with Crippen LogP contribution in [0.4, 0.5) is 10.5 Å². The zero-order chi connectivity index (χ0) is 21.0. The molecule has 1 aromatic heterocycles. The van der Waals surface area contributed by atoms with E-state index in [-0.39, 0.29) is 18.0 Å². The quantitative estimate of drug-likeness (QED) is 0.837. The lowest BCUT2D eigenvalue weighted by Crippen LogP contribution is -2.35.